The minimum atomic E-state index is -0.380. The molecular weight excluding hydrogens is 339 g/mol. The van der Waals surface area contributed by atoms with Crippen molar-refractivity contribution >= 4 is 40.6 Å². The van der Waals surface area contributed by atoms with Crippen molar-refractivity contribution in [3.05, 3.63) is 45.8 Å². The van der Waals surface area contributed by atoms with Crippen molar-refractivity contribution in [1.29, 1.82) is 0 Å². The van der Waals surface area contributed by atoms with Gasteiger partial charge in [0.1, 0.15) is 17.3 Å². The van der Waals surface area contributed by atoms with Crippen molar-refractivity contribution in [3.63, 3.8) is 0 Å². The summed E-state index contributed by atoms with van der Waals surface area (Å²) in [6.45, 7) is 2.83. The van der Waals surface area contributed by atoms with Crippen LogP contribution in [0.15, 0.2) is 24.3 Å². The largest absolute Gasteiger partial charge is 0.383 e. The number of halogens is 2. The topological polar surface area (TPSA) is 76.1 Å². The molecule has 23 heavy (non-hydrogen) atoms. The van der Waals surface area contributed by atoms with Crippen LogP contribution in [-0.2, 0) is 4.74 Å². The Morgan fingerprint density at radius 1 is 1.26 bits per heavy atom. The third kappa shape index (κ3) is 5.06. The lowest BCUT2D eigenvalue weighted by Gasteiger charge is -2.10. The van der Waals surface area contributed by atoms with Crippen molar-refractivity contribution in [1.82, 2.24) is 9.97 Å². The molecule has 0 spiro atoms. The lowest BCUT2D eigenvalue weighted by atomic mass is 10.3. The van der Waals surface area contributed by atoms with Crippen LogP contribution in [0.4, 0.5) is 11.5 Å². The van der Waals surface area contributed by atoms with Crippen molar-refractivity contribution in [3.8, 4) is 0 Å². The van der Waals surface area contributed by atoms with Gasteiger partial charge in [0.05, 0.1) is 17.3 Å². The normalized spacial score (nSPS) is 10.4. The van der Waals surface area contributed by atoms with Crippen LogP contribution in [0.5, 0.6) is 0 Å². The average molecular weight is 355 g/mol. The molecule has 1 aromatic heterocycles. The van der Waals surface area contributed by atoms with Crippen LogP contribution >= 0.6 is 23.2 Å². The summed E-state index contributed by atoms with van der Waals surface area (Å²) in [7, 11) is 1.61. The molecule has 0 fully saturated rings. The second kappa shape index (κ2) is 8.10. The quantitative estimate of drug-likeness (QED) is 0.777. The molecule has 0 aliphatic heterocycles. The SMILES string of the molecule is COCCNc1cc(C(=O)Nc2ccc(Cl)cc2Cl)nc(C)n1. The Labute approximate surface area is 144 Å². The molecule has 122 valence electrons. The van der Waals surface area contributed by atoms with E-state index in [1.165, 1.54) is 0 Å². The number of aryl methyl sites for hydroxylation is 1. The number of aromatic nitrogens is 2. The fourth-order valence-corrected chi connectivity index (χ4v) is 2.29. The Kier molecular flexibility index (Phi) is 6.15. The molecule has 2 N–H and O–H groups in total. The fourth-order valence-electron chi connectivity index (χ4n) is 1.83. The number of ether oxygens (including phenoxy) is 1. The van der Waals surface area contributed by atoms with E-state index in [2.05, 4.69) is 20.6 Å². The number of methoxy groups -OCH3 is 1. The third-order valence-electron chi connectivity index (χ3n) is 2.86. The highest BCUT2D eigenvalue weighted by Crippen LogP contribution is 2.25. The van der Waals surface area contributed by atoms with Gasteiger partial charge in [-0.15, -0.1) is 0 Å². The Morgan fingerprint density at radius 3 is 2.74 bits per heavy atom. The van der Waals surface area contributed by atoms with E-state index in [1.807, 2.05) is 0 Å². The maximum absolute atomic E-state index is 12.3. The van der Waals surface area contributed by atoms with Crippen LogP contribution < -0.4 is 10.6 Å². The van der Waals surface area contributed by atoms with Gasteiger partial charge < -0.3 is 15.4 Å². The molecule has 1 heterocycles. The van der Waals surface area contributed by atoms with Gasteiger partial charge in [-0.1, -0.05) is 23.2 Å². The van der Waals surface area contributed by atoms with E-state index in [0.717, 1.165) is 0 Å². The minimum Gasteiger partial charge on any atom is -0.383 e. The Balaban J connectivity index is 2.15. The number of anilines is 2. The van der Waals surface area contributed by atoms with Gasteiger partial charge >= 0.3 is 0 Å². The number of nitrogens with zero attached hydrogens (tertiary/aromatic N) is 2. The van der Waals surface area contributed by atoms with Gasteiger partial charge in [0.2, 0.25) is 0 Å². The van der Waals surface area contributed by atoms with Gasteiger partial charge in [0.25, 0.3) is 5.91 Å². The minimum absolute atomic E-state index is 0.239. The Morgan fingerprint density at radius 2 is 2.04 bits per heavy atom. The number of carbonyl (C=O) groups is 1. The monoisotopic (exact) mass is 354 g/mol. The van der Waals surface area contributed by atoms with Gasteiger partial charge in [0.15, 0.2) is 0 Å². The zero-order valence-corrected chi connectivity index (χ0v) is 14.2. The first-order valence-electron chi connectivity index (χ1n) is 6.84. The van der Waals surface area contributed by atoms with E-state index >= 15 is 0 Å². The highest BCUT2D eigenvalue weighted by molar-refractivity contribution is 6.36. The number of rotatable bonds is 6. The number of hydrogen-bond acceptors (Lipinski definition) is 5. The summed E-state index contributed by atoms with van der Waals surface area (Å²) >= 11 is 11.9. The van der Waals surface area contributed by atoms with Gasteiger partial charge in [-0.25, -0.2) is 9.97 Å². The van der Waals surface area contributed by atoms with E-state index in [1.54, 1.807) is 38.3 Å². The maximum atomic E-state index is 12.3. The number of hydrogen-bond donors (Lipinski definition) is 2. The molecule has 8 heteroatoms. The zero-order chi connectivity index (χ0) is 16.8. The number of nitrogens with one attached hydrogen (secondary N) is 2. The lowest BCUT2D eigenvalue weighted by Crippen LogP contribution is -2.17. The first-order valence-corrected chi connectivity index (χ1v) is 7.60. The van der Waals surface area contributed by atoms with Crippen LogP contribution in [0.25, 0.3) is 0 Å². The lowest BCUT2D eigenvalue weighted by molar-refractivity contribution is 0.102. The number of benzene rings is 1. The Hall–Kier alpha value is -1.89. The summed E-state index contributed by atoms with van der Waals surface area (Å²) in [6.07, 6.45) is 0. The molecule has 0 unspecified atom stereocenters. The van der Waals surface area contributed by atoms with E-state index in [-0.39, 0.29) is 11.6 Å². The Bertz CT molecular complexity index is 710. The van der Waals surface area contributed by atoms with Gasteiger partial charge in [-0.2, -0.15) is 0 Å². The molecule has 0 radical (unpaired) electrons. The predicted molar refractivity (Wildman–Crippen MR) is 91.5 cm³/mol. The summed E-state index contributed by atoms with van der Waals surface area (Å²) in [4.78, 5) is 20.7. The summed E-state index contributed by atoms with van der Waals surface area (Å²) in [5, 5.41) is 6.62. The molecular formula is C15H16Cl2N4O2. The van der Waals surface area contributed by atoms with Gasteiger partial charge in [-0.3, -0.25) is 4.79 Å². The van der Waals surface area contributed by atoms with Crippen LogP contribution in [-0.4, -0.2) is 36.1 Å². The van der Waals surface area contributed by atoms with E-state index in [4.69, 9.17) is 27.9 Å². The molecule has 0 aliphatic carbocycles. The van der Waals surface area contributed by atoms with Crippen LogP contribution in [0.2, 0.25) is 10.0 Å². The molecule has 2 aromatic rings. The molecule has 0 atom stereocenters. The van der Waals surface area contributed by atoms with Crippen molar-refractivity contribution < 1.29 is 9.53 Å². The van der Waals surface area contributed by atoms with Gasteiger partial charge in [0, 0.05) is 24.7 Å². The number of amides is 1. The highest BCUT2D eigenvalue weighted by atomic mass is 35.5. The predicted octanol–water partition coefficient (Wildman–Crippen LogP) is 3.40. The second-order valence-electron chi connectivity index (χ2n) is 4.68. The van der Waals surface area contributed by atoms with Crippen LogP contribution in [0.3, 0.4) is 0 Å². The molecule has 1 aromatic carbocycles. The van der Waals surface area contributed by atoms with E-state index in [0.29, 0.717) is 40.5 Å². The number of carbonyl (C=O) groups excluding carboxylic acids is 1. The molecule has 0 saturated heterocycles. The highest BCUT2D eigenvalue weighted by Gasteiger charge is 2.12. The fraction of sp³-hybridized carbons (Fsp3) is 0.267. The van der Waals surface area contributed by atoms with E-state index in [9.17, 15) is 4.79 Å². The molecule has 0 saturated carbocycles. The van der Waals surface area contributed by atoms with Gasteiger partial charge in [-0.05, 0) is 25.1 Å². The molecule has 1 amide bonds. The maximum Gasteiger partial charge on any atom is 0.274 e. The first-order chi connectivity index (χ1) is 11.0. The summed E-state index contributed by atoms with van der Waals surface area (Å²) < 4.78 is 4.96. The molecule has 0 bridgehead atoms. The standard InChI is InChI=1S/C15H16Cl2N4O2/c1-9-19-13(8-14(20-9)18-5-6-23-2)15(22)21-12-4-3-10(16)7-11(12)17/h3-4,7-8H,5-6H2,1-2H3,(H,21,22)(H,18,19,20). The third-order valence-corrected chi connectivity index (χ3v) is 3.41. The molecule has 0 aliphatic rings. The molecule has 2 rings (SSSR count). The van der Waals surface area contributed by atoms with Crippen molar-refractivity contribution in [2.45, 2.75) is 6.92 Å². The zero-order valence-electron chi connectivity index (χ0n) is 12.7. The smallest absolute Gasteiger partial charge is 0.274 e. The average Bonchev–Trinajstić information content (AvgIpc) is 2.50. The molecule has 6 nitrogen and oxygen atoms in total. The van der Waals surface area contributed by atoms with Crippen molar-refractivity contribution in [2.75, 3.05) is 30.9 Å². The van der Waals surface area contributed by atoms with Crippen molar-refractivity contribution in [2.24, 2.45) is 0 Å². The summed E-state index contributed by atoms with van der Waals surface area (Å²) in [5.74, 6) is 0.663. The van der Waals surface area contributed by atoms with E-state index < -0.39 is 0 Å². The van der Waals surface area contributed by atoms with Crippen LogP contribution in [0, 0.1) is 6.92 Å². The first kappa shape index (κ1) is 17.5. The summed E-state index contributed by atoms with van der Waals surface area (Å²) in [5.41, 5.74) is 0.703. The second-order valence-corrected chi connectivity index (χ2v) is 5.53. The summed E-state index contributed by atoms with van der Waals surface area (Å²) in [6, 6.07) is 6.41. The van der Waals surface area contributed by atoms with Crippen LogP contribution in [0.1, 0.15) is 16.3 Å².